The zero-order valence-electron chi connectivity index (χ0n) is 16.5. The van der Waals surface area contributed by atoms with Crippen LogP contribution in [0.2, 0.25) is 0 Å². The van der Waals surface area contributed by atoms with E-state index < -0.39 is 29.9 Å². The summed E-state index contributed by atoms with van der Waals surface area (Å²) in [5, 5.41) is 12.1. The Bertz CT molecular complexity index is 1240. The number of nitriles is 1. The first kappa shape index (κ1) is 21.1. The first-order valence-electron chi connectivity index (χ1n) is 10.1. The number of hydrogen-bond acceptors (Lipinski definition) is 5. The first-order valence-corrected chi connectivity index (χ1v) is 10.1. The van der Waals surface area contributed by atoms with E-state index >= 15 is 0 Å². The number of fused-ring (bicyclic) bond motifs is 3. The van der Waals surface area contributed by atoms with E-state index in [0.29, 0.717) is 47.6 Å². The van der Waals surface area contributed by atoms with Gasteiger partial charge in [0.1, 0.15) is 11.7 Å². The highest BCUT2D eigenvalue weighted by Gasteiger charge is 2.39. The molecular formula is C20H21F3N6O2. The summed E-state index contributed by atoms with van der Waals surface area (Å²) in [6.45, 7) is 0.159. The fraction of sp³-hybridized carbons (Fsp3) is 0.500. The predicted octanol–water partition coefficient (Wildman–Crippen LogP) is 2.73. The highest BCUT2D eigenvalue weighted by Crippen LogP contribution is 2.34. The molecule has 0 bridgehead atoms. The maximum atomic E-state index is 13.0. The van der Waals surface area contributed by atoms with Crippen molar-refractivity contribution in [3.8, 4) is 6.07 Å². The van der Waals surface area contributed by atoms with E-state index in [9.17, 15) is 22.8 Å². The Kier molecular flexibility index (Phi) is 5.58. The molecule has 3 N–H and O–H groups in total. The SMILES string of the molecule is N#CC[C@@H](NCC1CCC(n2c(=O)[nH]c(=O)c3cnc4[nH]ccc4c32)CC1)C(F)(F)F. The van der Waals surface area contributed by atoms with E-state index in [1.807, 2.05) is 0 Å². The van der Waals surface area contributed by atoms with Crippen LogP contribution < -0.4 is 16.6 Å². The Morgan fingerprint density at radius 3 is 2.68 bits per heavy atom. The van der Waals surface area contributed by atoms with Crippen LogP contribution in [0.1, 0.15) is 38.1 Å². The summed E-state index contributed by atoms with van der Waals surface area (Å²) in [4.78, 5) is 34.5. The number of pyridine rings is 1. The maximum absolute atomic E-state index is 13.0. The highest BCUT2D eigenvalue weighted by atomic mass is 19.4. The minimum atomic E-state index is -4.47. The topological polar surface area (TPSA) is 119 Å². The predicted molar refractivity (Wildman–Crippen MR) is 108 cm³/mol. The lowest BCUT2D eigenvalue weighted by Crippen LogP contribution is -2.44. The van der Waals surface area contributed by atoms with Crippen LogP contribution in [-0.2, 0) is 0 Å². The molecule has 0 saturated heterocycles. The molecule has 1 aliphatic rings. The lowest BCUT2D eigenvalue weighted by molar-refractivity contribution is -0.155. The summed E-state index contributed by atoms with van der Waals surface area (Å²) in [5.74, 6) is 0.0125. The quantitative estimate of drug-likeness (QED) is 0.571. The van der Waals surface area contributed by atoms with Crippen molar-refractivity contribution < 1.29 is 13.2 Å². The molecule has 31 heavy (non-hydrogen) atoms. The van der Waals surface area contributed by atoms with E-state index in [1.165, 1.54) is 6.20 Å². The van der Waals surface area contributed by atoms with E-state index in [4.69, 9.17) is 5.26 Å². The standard InChI is InChI=1S/C20H21F3N6O2/c21-20(22,23)15(5-7-24)26-9-11-1-3-12(4-2-11)29-16-13-6-8-25-17(13)27-10-14(16)18(30)28-19(29)31/h6,8,10-12,15,26H,1-5,9H2,(H,25,27)(H,28,30,31)/t11?,12?,15-/m1/s1. The second-order valence-electron chi connectivity index (χ2n) is 7.93. The minimum Gasteiger partial charge on any atom is -0.346 e. The number of rotatable bonds is 5. The summed E-state index contributed by atoms with van der Waals surface area (Å²) in [5.41, 5.74) is 0.0897. The van der Waals surface area contributed by atoms with E-state index in [0.717, 1.165) is 0 Å². The van der Waals surface area contributed by atoms with Crippen molar-refractivity contribution in [2.75, 3.05) is 6.54 Å². The third-order valence-electron chi connectivity index (χ3n) is 6.01. The van der Waals surface area contributed by atoms with Gasteiger partial charge >= 0.3 is 11.9 Å². The summed E-state index contributed by atoms with van der Waals surface area (Å²) >= 11 is 0. The molecule has 0 radical (unpaired) electrons. The van der Waals surface area contributed by atoms with Gasteiger partial charge in [0.05, 0.1) is 23.4 Å². The normalized spacial score (nSPS) is 20.7. The molecule has 0 aromatic carbocycles. The number of H-pyrrole nitrogens is 2. The fourth-order valence-corrected chi connectivity index (χ4v) is 4.41. The van der Waals surface area contributed by atoms with Crippen LogP contribution in [-0.4, -0.2) is 38.3 Å². The lowest BCUT2D eigenvalue weighted by atomic mass is 9.85. The average Bonchev–Trinajstić information content (AvgIpc) is 3.20. The summed E-state index contributed by atoms with van der Waals surface area (Å²) in [7, 11) is 0. The molecule has 1 atom stereocenters. The van der Waals surface area contributed by atoms with Crippen molar-refractivity contribution in [2.45, 2.75) is 50.4 Å². The molecule has 164 valence electrons. The van der Waals surface area contributed by atoms with Gasteiger partial charge in [-0.3, -0.25) is 14.3 Å². The number of aromatic nitrogens is 4. The smallest absolute Gasteiger partial charge is 0.346 e. The number of nitrogens with one attached hydrogen (secondary N) is 3. The number of nitrogens with zero attached hydrogens (tertiary/aromatic N) is 3. The number of halogens is 3. The van der Waals surface area contributed by atoms with Crippen LogP contribution in [0.5, 0.6) is 0 Å². The van der Waals surface area contributed by atoms with E-state index in [1.54, 1.807) is 22.9 Å². The second kappa shape index (κ2) is 8.19. The van der Waals surface area contributed by atoms with Gasteiger partial charge in [0, 0.05) is 23.8 Å². The molecule has 1 saturated carbocycles. The Hall–Kier alpha value is -3.13. The molecule has 8 nitrogen and oxygen atoms in total. The van der Waals surface area contributed by atoms with Gasteiger partial charge in [0.25, 0.3) is 5.56 Å². The molecule has 4 rings (SSSR count). The van der Waals surface area contributed by atoms with E-state index in [-0.39, 0.29) is 18.5 Å². The van der Waals surface area contributed by atoms with Gasteiger partial charge in [-0.1, -0.05) is 0 Å². The summed E-state index contributed by atoms with van der Waals surface area (Å²) in [6, 6.07) is 1.32. The largest absolute Gasteiger partial charge is 0.404 e. The van der Waals surface area contributed by atoms with Crippen LogP contribution in [0.25, 0.3) is 21.9 Å². The molecular weight excluding hydrogens is 413 g/mol. The van der Waals surface area contributed by atoms with Crippen molar-refractivity contribution in [3.63, 3.8) is 0 Å². The van der Waals surface area contributed by atoms with Gasteiger partial charge in [-0.15, -0.1) is 0 Å². The fourth-order valence-electron chi connectivity index (χ4n) is 4.41. The molecule has 0 spiro atoms. The maximum Gasteiger partial charge on any atom is 0.404 e. The van der Waals surface area contributed by atoms with Crippen molar-refractivity contribution in [2.24, 2.45) is 5.92 Å². The third-order valence-corrected chi connectivity index (χ3v) is 6.01. The summed E-state index contributed by atoms with van der Waals surface area (Å²) < 4.78 is 40.5. The molecule has 0 amide bonds. The minimum absolute atomic E-state index is 0.0125. The van der Waals surface area contributed by atoms with Crippen molar-refractivity contribution in [1.29, 1.82) is 5.26 Å². The number of hydrogen-bond donors (Lipinski definition) is 3. The van der Waals surface area contributed by atoms with Gasteiger partial charge in [0.2, 0.25) is 0 Å². The van der Waals surface area contributed by atoms with Crippen LogP contribution in [0, 0.1) is 17.2 Å². The van der Waals surface area contributed by atoms with Gasteiger partial charge in [-0.05, 0) is 44.2 Å². The van der Waals surface area contributed by atoms with Crippen LogP contribution in [0.4, 0.5) is 13.2 Å². The molecule has 3 aromatic rings. The highest BCUT2D eigenvalue weighted by molar-refractivity contribution is 6.01. The van der Waals surface area contributed by atoms with Gasteiger partial charge in [-0.2, -0.15) is 18.4 Å². The molecule has 1 fully saturated rings. The molecule has 3 aromatic heterocycles. The van der Waals surface area contributed by atoms with Crippen molar-refractivity contribution in [1.82, 2.24) is 24.8 Å². The van der Waals surface area contributed by atoms with Crippen molar-refractivity contribution in [3.05, 3.63) is 39.3 Å². The van der Waals surface area contributed by atoms with Crippen LogP contribution >= 0.6 is 0 Å². The summed E-state index contributed by atoms with van der Waals surface area (Å²) in [6.07, 6.45) is 0.474. The van der Waals surface area contributed by atoms with Crippen molar-refractivity contribution >= 4 is 21.9 Å². The Morgan fingerprint density at radius 2 is 2.00 bits per heavy atom. The first-order chi connectivity index (χ1) is 14.8. The van der Waals surface area contributed by atoms with Gasteiger partial charge < -0.3 is 10.3 Å². The Labute approximate surface area is 174 Å². The second-order valence-corrected chi connectivity index (χ2v) is 7.93. The molecule has 11 heteroatoms. The third kappa shape index (κ3) is 4.07. The Balaban J connectivity index is 1.55. The van der Waals surface area contributed by atoms with Crippen LogP contribution in [0.3, 0.4) is 0 Å². The zero-order chi connectivity index (χ0) is 22.2. The molecule has 3 heterocycles. The zero-order valence-corrected chi connectivity index (χ0v) is 16.5. The van der Waals surface area contributed by atoms with E-state index in [2.05, 4.69) is 20.3 Å². The van der Waals surface area contributed by atoms with Crippen LogP contribution in [0.15, 0.2) is 28.0 Å². The molecule has 0 aliphatic heterocycles. The number of alkyl halides is 3. The lowest BCUT2D eigenvalue weighted by Gasteiger charge is -2.31. The van der Waals surface area contributed by atoms with Gasteiger partial charge in [-0.25, -0.2) is 9.78 Å². The Morgan fingerprint density at radius 1 is 1.26 bits per heavy atom. The monoisotopic (exact) mass is 434 g/mol. The molecule has 0 unspecified atom stereocenters. The average molecular weight is 434 g/mol. The van der Waals surface area contributed by atoms with Gasteiger partial charge in [0.15, 0.2) is 0 Å². The number of aromatic amines is 2. The molecule has 1 aliphatic carbocycles.